The Morgan fingerprint density at radius 1 is 0.927 bits per heavy atom. The van der Waals surface area contributed by atoms with Gasteiger partial charge in [0.2, 0.25) is 0 Å². The van der Waals surface area contributed by atoms with Crippen molar-refractivity contribution in [2.75, 3.05) is 45.5 Å². The zero-order valence-electron chi connectivity index (χ0n) is 25.4. The lowest BCUT2D eigenvalue weighted by Crippen LogP contribution is -2.59. The Bertz CT molecular complexity index is 1030. The maximum absolute atomic E-state index is 13.3. The molecule has 0 radical (unpaired) electrons. The van der Waals surface area contributed by atoms with Crippen LogP contribution in [-0.4, -0.2) is 105 Å². The van der Waals surface area contributed by atoms with Crippen LogP contribution in [-0.2, 0) is 6.54 Å². The standard InChI is InChI=1S/C30H44N6O.CH4S.2H2O/c1-23-28(24(2)33-22-32-23)29(37)34-19-13-30(3,14-20-34)35-17-11-27(12-18-35)36(26-9-15-31-16-10-26)21-25-7-5-4-6-8-25;1-2;;/h4-8,22,26-27,31H,9-21H2,1-3H3;2H,1H3;2*1H2. The minimum atomic E-state index is 0. The molecule has 10 heteroatoms. The third kappa shape index (κ3) is 8.49. The number of piperidine rings is 3. The summed E-state index contributed by atoms with van der Waals surface area (Å²) in [6.45, 7) is 13.5. The second-order valence-corrected chi connectivity index (χ2v) is 11.6. The van der Waals surface area contributed by atoms with Gasteiger partial charge in [-0.2, -0.15) is 12.6 Å². The topological polar surface area (TPSA) is 128 Å². The Morgan fingerprint density at radius 2 is 1.46 bits per heavy atom. The number of hydrogen-bond donors (Lipinski definition) is 2. The molecule has 0 saturated carbocycles. The Labute approximate surface area is 252 Å². The SMILES string of the molecule is CS.Cc1ncnc(C)c1C(=O)N1CCC(C)(N2CCC(N(Cc3ccccc3)C3CCNCC3)CC2)CC1.O.O. The summed E-state index contributed by atoms with van der Waals surface area (Å²) >= 11 is 3.53. The van der Waals surface area contributed by atoms with E-state index in [-0.39, 0.29) is 22.4 Å². The lowest BCUT2D eigenvalue weighted by atomic mass is 9.84. The Morgan fingerprint density at radius 3 is 2.02 bits per heavy atom. The van der Waals surface area contributed by atoms with Gasteiger partial charge in [-0.05, 0) is 84.2 Å². The maximum atomic E-state index is 13.3. The van der Waals surface area contributed by atoms with Crippen molar-refractivity contribution in [3.63, 3.8) is 0 Å². The molecule has 5 N–H and O–H groups in total. The van der Waals surface area contributed by atoms with E-state index in [1.54, 1.807) is 12.6 Å². The predicted molar refractivity (Wildman–Crippen MR) is 170 cm³/mol. The van der Waals surface area contributed by atoms with Crippen LogP contribution in [0.25, 0.3) is 0 Å². The number of thiol groups is 1. The summed E-state index contributed by atoms with van der Waals surface area (Å²) in [4.78, 5) is 29.4. The van der Waals surface area contributed by atoms with Crippen LogP contribution in [0.15, 0.2) is 36.7 Å². The molecule has 0 unspecified atom stereocenters. The van der Waals surface area contributed by atoms with Crippen LogP contribution >= 0.6 is 12.6 Å². The highest BCUT2D eigenvalue weighted by Crippen LogP contribution is 2.34. The van der Waals surface area contributed by atoms with Gasteiger partial charge in [0.15, 0.2) is 0 Å². The van der Waals surface area contributed by atoms with E-state index >= 15 is 0 Å². The second-order valence-electron chi connectivity index (χ2n) is 11.6. The number of nitrogens with one attached hydrogen (secondary N) is 1. The number of hydrogen-bond acceptors (Lipinski definition) is 7. The molecule has 2 aromatic rings. The first kappa shape index (κ1) is 35.1. The number of aryl methyl sites for hydroxylation is 2. The van der Waals surface area contributed by atoms with Gasteiger partial charge < -0.3 is 21.2 Å². The van der Waals surface area contributed by atoms with Gasteiger partial charge >= 0.3 is 0 Å². The molecule has 0 spiro atoms. The van der Waals surface area contributed by atoms with Crippen LogP contribution in [0.3, 0.4) is 0 Å². The van der Waals surface area contributed by atoms with Crippen LogP contribution in [0.5, 0.6) is 0 Å². The van der Waals surface area contributed by atoms with Gasteiger partial charge in [0.25, 0.3) is 5.91 Å². The largest absolute Gasteiger partial charge is 0.412 e. The van der Waals surface area contributed by atoms with E-state index in [0.717, 1.165) is 70.0 Å². The van der Waals surface area contributed by atoms with Crippen LogP contribution in [0.4, 0.5) is 0 Å². The second kappa shape index (κ2) is 16.5. The Hall–Kier alpha value is -2.08. The van der Waals surface area contributed by atoms with E-state index in [2.05, 4.69) is 75.0 Å². The number of benzene rings is 1. The van der Waals surface area contributed by atoms with Gasteiger partial charge in [-0.15, -0.1) is 0 Å². The van der Waals surface area contributed by atoms with Crippen molar-refractivity contribution in [2.45, 2.75) is 83.5 Å². The fourth-order valence-electron chi connectivity index (χ4n) is 6.79. The van der Waals surface area contributed by atoms with E-state index in [1.165, 1.54) is 31.2 Å². The molecule has 3 saturated heterocycles. The highest BCUT2D eigenvalue weighted by atomic mass is 32.1. The average molecular weight is 589 g/mol. The quantitative estimate of drug-likeness (QED) is 0.500. The molecule has 0 aliphatic carbocycles. The molecule has 9 nitrogen and oxygen atoms in total. The molecule has 41 heavy (non-hydrogen) atoms. The maximum Gasteiger partial charge on any atom is 0.257 e. The molecule has 1 amide bonds. The van der Waals surface area contributed by atoms with Crippen molar-refractivity contribution in [3.8, 4) is 0 Å². The van der Waals surface area contributed by atoms with Crippen molar-refractivity contribution < 1.29 is 15.7 Å². The zero-order chi connectivity index (χ0) is 27.8. The molecular formula is C31H52N6O3S. The summed E-state index contributed by atoms with van der Waals surface area (Å²) in [5.41, 5.74) is 3.84. The number of rotatable bonds is 6. The highest BCUT2D eigenvalue weighted by molar-refractivity contribution is 7.79. The van der Waals surface area contributed by atoms with Crippen LogP contribution in [0.2, 0.25) is 0 Å². The van der Waals surface area contributed by atoms with E-state index < -0.39 is 0 Å². The molecule has 3 fully saturated rings. The number of carbonyl (C=O) groups is 1. The van der Waals surface area contributed by atoms with Crippen LogP contribution in [0, 0.1) is 13.8 Å². The van der Waals surface area contributed by atoms with Gasteiger partial charge in [0.05, 0.1) is 17.0 Å². The van der Waals surface area contributed by atoms with Gasteiger partial charge in [-0.25, -0.2) is 9.97 Å². The normalized spacial score (nSPS) is 19.9. The van der Waals surface area contributed by atoms with Crippen molar-refractivity contribution in [1.29, 1.82) is 0 Å². The lowest BCUT2D eigenvalue weighted by molar-refractivity contribution is -0.0100. The summed E-state index contributed by atoms with van der Waals surface area (Å²) < 4.78 is 0. The van der Waals surface area contributed by atoms with Crippen molar-refractivity contribution in [3.05, 3.63) is 59.2 Å². The first-order valence-corrected chi connectivity index (χ1v) is 15.6. The van der Waals surface area contributed by atoms with Gasteiger partial charge in [-0.1, -0.05) is 30.3 Å². The Kier molecular flexibility index (Phi) is 14.2. The van der Waals surface area contributed by atoms with Gasteiger partial charge in [-0.3, -0.25) is 14.6 Å². The molecule has 0 bridgehead atoms. The summed E-state index contributed by atoms with van der Waals surface area (Å²) in [5.74, 6) is 0.0925. The molecule has 230 valence electrons. The number of aromatic nitrogens is 2. The van der Waals surface area contributed by atoms with Gasteiger partial charge in [0.1, 0.15) is 6.33 Å². The van der Waals surface area contributed by atoms with Crippen molar-refractivity contribution in [2.24, 2.45) is 0 Å². The summed E-state index contributed by atoms with van der Waals surface area (Å²) in [5, 5.41) is 3.55. The van der Waals surface area contributed by atoms with E-state index in [1.807, 2.05) is 18.7 Å². The number of likely N-dealkylation sites (tertiary alicyclic amines) is 2. The van der Waals surface area contributed by atoms with E-state index in [4.69, 9.17) is 0 Å². The molecule has 3 aliphatic heterocycles. The molecule has 3 aliphatic rings. The monoisotopic (exact) mass is 588 g/mol. The fraction of sp³-hybridized carbons (Fsp3) is 0.645. The van der Waals surface area contributed by atoms with Crippen LogP contribution < -0.4 is 5.32 Å². The predicted octanol–water partition coefficient (Wildman–Crippen LogP) is 2.70. The van der Waals surface area contributed by atoms with Crippen LogP contribution in [0.1, 0.15) is 72.8 Å². The lowest BCUT2D eigenvalue weighted by Gasteiger charge is -2.51. The molecule has 1 aromatic heterocycles. The number of carbonyl (C=O) groups excluding carboxylic acids is 1. The molecule has 0 atom stereocenters. The summed E-state index contributed by atoms with van der Waals surface area (Å²) in [6.07, 6.45) is 10.3. The fourth-order valence-corrected chi connectivity index (χ4v) is 6.79. The molecule has 4 heterocycles. The first-order valence-electron chi connectivity index (χ1n) is 14.7. The third-order valence-corrected chi connectivity index (χ3v) is 9.25. The van der Waals surface area contributed by atoms with Gasteiger partial charge in [0, 0.05) is 50.3 Å². The molecular weight excluding hydrogens is 536 g/mol. The number of nitrogens with zero attached hydrogens (tertiary/aromatic N) is 5. The molecule has 5 rings (SSSR count). The Balaban J connectivity index is 0.00000144. The summed E-state index contributed by atoms with van der Waals surface area (Å²) in [6, 6.07) is 12.3. The van der Waals surface area contributed by atoms with Crippen molar-refractivity contribution >= 4 is 18.5 Å². The minimum Gasteiger partial charge on any atom is -0.412 e. The van der Waals surface area contributed by atoms with E-state index in [9.17, 15) is 4.79 Å². The first-order chi connectivity index (χ1) is 18.9. The van der Waals surface area contributed by atoms with E-state index in [0.29, 0.717) is 17.6 Å². The average Bonchev–Trinajstić information content (AvgIpc) is 2.98. The zero-order valence-corrected chi connectivity index (χ0v) is 26.3. The minimum absolute atomic E-state index is 0. The molecule has 1 aromatic carbocycles. The third-order valence-electron chi connectivity index (χ3n) is 9.25. The smallest absolute Gasteiger partial charge is 0.257 e. The number of amides is 1. The summed E-state index contributed by atoms with van der Waals surface area (Å²) in [7, 11) is 0. The highest BCUT2D eigenvalue weighted by Gasteiger charge is 2.40. The van der Waals surface area contributed by atoms with Crippen molar-refractivity contribution in [1.82, 2.24) is 30.0 Å².